The number of hydrogen-bond donors (Lipinski definition) is 2. The van der Waals surface area contributed by atoms with Crippen LogP contribution in [0, 0.1) is 5.92 Å². The minimum Gasteiger partial charge on any atom is -0.384 e. The standard InChI is InChI=1S/C16H25N3O2/c1-21-12-13-6-8-19(9-7-13)11-16(20)18-15-5-3-2-4-14(15)10-17/h2-5,13H,6-12,17H2,1H3,(H,18,20). The number of para-hydroxylation sites is 1. The van der Waals surface area contributed by atoms with E-state index in [9.17, 15) is 4.79 Å². The molecule has 0 unspecified atom stereocenters. The van der Waals surface area contributed by atoms with Gasteiger partial charge in [-0.05, 0) is 43.5 Å². The van der Waals surface area contributed by atoms with Crippen LogP contribution in [0.3, 0.4) is 0 Å². The Balaban J connectivity index is 1.80. The van der Waals surface area contributed by atoms with Gasteiger partial charge in [-0.2, -0.15) is 0 Å². The Morgan fingerprint density at radius 2 is 2.10 bits per heavy atom. The van der Waals surface area contributed by atoms with Crippen LogP contribution in [0.4, 0.5) is 5.69 Å². The minimum atomic E-state index is 0.0288. The second-order valence-electron chi connectivity index (χ2n) is 5.58. The quantitative estimate of drug-likeness (QED) is 0.832. The van der Waals surface area contributed by atoms with E-state index in [-0.39, 0.29) is 5.91 Å². The Kier molecular flexibility index (Phi) is 6.17. The Morgan fingerprint density at radius 1 is 1.38 bits per heavy atom. The van der Waals surface area contributed by atoms with Gasteiger partial charge in [-0.1, -0.05) is 18.2 Å². The molecule has 0 bridgehead atoms. The van der Waals surface area contributed by atoms with Crippen LogP contribution in [0.5, 0.6) is 0 Å². The molecule has 1 fully saturated rings. The number of nitrogens with one attached hydrogen (secondary N) is 1. The fraction of sp³-hybridized carbons (Fsp3) is 0.562. The molecule has 0 radical (unpaired) electrons. The number of nitrogens with two attached hydrogens (primary N) is 1. The lowest BCUT2D eigenvalue weighted by atomic mass is 9.98. The van der Waals surface area contributed by atoms with Crippen LogP contribution in [-0.4, -0.2) is 44.2 Å². The van der Waals surface area contributed by atoms with Crippen molar-refractivity contribution in [3.8, 4) is 0 Å². The first-order valence-corrected chi connectivity index (χ1v) is 7.52. The van der Waals surface area contributed by atoms with Crippen molar-refractivity contribution in [3.05, 3.63) is 29.8 Å². The number of likely N-dealkylation sites (tertiary alicyclic amines) is 1. The number of piperidine rings is 1. The van der Waals surface area contributed by atoms with Crippen LogP contribution < -0.4 is 11.1 Å². The predicted octanol–water partition coefficient (Wildman–Crippen LogP) is 1.44. The van der Waals surface area contributed by atoms with E-state index in [1.807, 2.05) is 24.3 Å². The highest BCUT2D eigenvalue weighted by molar-refractivity contribution is 5.93. The second kappa shape index (κ2) is 8.12. The Bertz CT molecular complexity index is 457. The average Bonchev–Trinajstić information content (AvgIpc) is 2.50. The zero-order chi connectivity index (χ0) is 15.1. The maximum Gasteiger partial charge on any atom is 0.238 e. The Labute approximate surface area is 126 Å². The van der Waals surface area contributed by atoms with Crippen molar-refractivity contribution < 1.29 is 9.53 Å². The summed E-state index contributed by atoms with van der Waals surface area (Å²) in [7, 11) is 1.74. The number of hydrogen-bond acceptors (Lipinski definition) is 4. The fourth-order valence-electron chi connectivity index (χ4n) is 2.76. The van der Waals surface area contributed by atoms with E-state index in [0.717, 1.165) is 43.8 Å². The summed E-state index contributed by atoms with van der Waals surface area (Å²) in [5, 5.41) is 2.96. The first-order chi connectivity index (χ1) is 10.2. The molecule has 21 heavy (non-hydrogen) atoms. The smallest absolute Gasteiger partial charge is 0.238 e. The summed E-state index contributed by atoms with van der Waals surface area (Å²) in [5.74, 6) is 0.661. The molecule has 0 atom stereocenters. The summed E-state index contributed by atoms with van der Waals surface area (Å²) in [6, 6.07) is 7.67. The van der Waals surface area contributed by atoms with Gasteiger partial charge < -0.3 is 15.8 Å². The number of methoxy groups -OCH3 is 1. The molecule has 1 amide bonds. The lowest BCUT2D eigenvalue weighted by molar-refractivity contribution is -0.117. The molecule has 0 aromatic heterocycles. The molecule has 1 aliphatic heterocycles. The van der Waals surface area contributed by atoms with Crippen molar-refractivity contribution in [1.82, 2.24) is 4.90 Å². The van der Waals surface area contributed by atoms with E-state index < -0.39 is 0 Å². The van der Waals surface area contributed by atoms with Gasteiger partial charge in [0.05, 0.1) is 6.54 Å². The maximum atomic E-state index is 12.1. The van der Waals surface area contributed by atoms with E-state index in [2.05, 4.69) is 10.2 Å². The van der Waals surface area contributed by atoms with Crippen LogP contribution in [-0.2, 0) is 16.1 Å². The normalized spacial score (nSPS) is 16.9. The molecule has 1 aromatic carbocycles. The van der Waals surface area contributed by atoms with Gasteiger partial charge in [0.2, 0.25) is 5.91 Å². The predicted molar refractivity (Wildman–Crippen MR) is 84.0 cm³/mol. The summed E-state index contributed by atoms with van der Waals surface area (Å²) in [4.78, 5) is 14.3. The van der Waals surface area contributed by atoms with Crippen molar-refractivity contribution in [1.29, 1.82) is 0 Å². The lowest BCUT2D eigenvalue weighted by Crippen LogP contribution is -2.40. The summed E-state index contributed by atoms with van der Waals surface area (Å²) in [6.45, 7) is 3.61. The molecular weight excluding hydrogens is 266 g/mol. The molecule has 1 saturated heterocycles. The molecule has 116 valence electrons. The van der Waals surface area contributed by atoms with E-state index in [0.29, 0.717) is 19.0 Å². The largest absolute Gasteiger partial charge is 0.384 e. The van der Waals surface area contributed by atoms with Crippen LogP contribution in [0.1, 0.15) is 18.4 Å². The van der Waals surface area contributed by atoms with Crippen molar-refractivity contribution in [2.24, 2.45) is 11.7 Å². The highest BCUT2D eigenvalue weighted by Crippen LogP contribution is 2.18. The van der Waals surface area contributed by atoms with Gasteiger partial charge in [0.15, 0.2) is 0 Å². The first-order valence-electron chi connectivity index (χ1n) is 7.52. The van der Waals surface area contributed by atoms with Gasteiger partial charge in [0.1, 0.15) is 0 Å². The molecule has 1 aromatic rings. The zero-order valence-electron chi connectivity index (χ0n) is 12.7. The Morgan fingerprint density at radius 3 is 2.76 bits per heavy atom. The van der Waals surface area contributed by atoms with Gasteiger partial charge >= 0.3 is 0 Å². The molecule has 2 rings (SSSR count). The molecule has 1 heterocycles. The lowest BCUT2D eigenvalue weighted by Gasteiger charge is -2.31. The van der Waals surface area contributed by atoms with Crippen LogP contribution in [0.2, 0.25) is 0 Å². The van der Waals surface area contributed by atoms with Gasteiger partial charge in [-0.25, -0.2) is 0 Å². The van der Waals surface area contributed by atoms with Gasteiger partial charge in [0.25, 0.3) is 0 Å². The number of rotatable bonds is 6. The van der Waals surface area contributed by atoms with E-state index in [4.69, 9.17) is 10.5 Å². The number of carbonyl (C=O) groups excluding carboxylic acids is 1. The highest BCUT2D eigenvalue weighted by Gasteiger charge is 2.20. The van der Waals surface area contributed by atoms with Crippen LogP contribution in [0.15, 0.2) is 24.3 Å². The Hall–Kier alpha value is -1.43. The highest BCUT2D eigenvalue weighted by atomic mass is 16.5. The molecular formula is C16H25N3O2. The zero-order valence-corrected chi connectivity index (χ0v) is 12.7. The number of anilines is 1. The number of amides is 1. The summed E-state index contributed by atoms with van der Waals surface area (Å²) in [6.07, 6.45) is 2.20. The minimum absolute atomic E-state index is 0.0288. The average molecular weight is 291 g/mol. The third-order valence-electron chi connectivity index (χ3n) is 3.99. The number of benzene rings is 1. The number of ether oxygens (including phenoxy) is 1. The molecule has 5 nitrogen and oxygen atoms in total. The number of carbonyl (C=O) groups is 1. The topological polar surface area (TPSA) is 67.6 Å². The first kappa shape index (κ1) is 15.9. The molecule has 3 N–H and O–H groups in total. The van der Waals surface area contributed by atoms with Crippen molar-refractivity contribution in [3.63, 3.8) is 0 Å². The van der Waals surface area contributed by atoms with Gasteiger partial charge in [0, 0.05) is 25.9 Å². The molecule has 0 spiro atoms. The molecule has 5 heteroatoms. The summed E-state index contributed by atoms with van der Waals surface area (Å²) in [5.41, 5.74) is 7.46. The molecule has 1 aliphatic rings. The molecule has 0 saturated carbocycles. The van der Waals surface area contributed by atoms with Crippen molar-refractivity contribution >= 4 is 11.6 Å². The second-order valence-corrected chi connectivity index (χ2v) is 5.58. The third kappa shape index (κ3) is 4.81. The van der Waals surface area contributed by atoms with Gasteiger partial charge in [-0.15, -0.1) is 0 Å². The maximum absolute atomic E-state index is 12.1. The van der Waals surface area contributed by atoms with Crippen LogP contribution >= 0.6 is 0 Å². The van der Waals surface area contributed by atoms with Crippen molar-refractivity contribution in [2.45, 2.75) is 19.4 Å². The monoisotopic (exact) mass is 291 g/mol. The van der Waals surface area contributed by atoms with Gasteiger partial charge in [-0.3, -0.25) is 9.69 Å². The number of nitrogens with zero attached hydrogens (tertiary/aromatic N) is 1. The van der Waals surface area contributed by atoms with E-state index >= 15 is 0 Å². The SMILES string of the molecule is COCC1CCN(CC(=O)Nc2ccccc2CN)CC1. The third-order valence-corrected chi connectivity index (χ3v) is 3.99. The van der Waals surface area contributed by atoms with E-state index in [1.54, 1.807) is 7.11 Å². The molecule has 0 aliphatic carbocycles. The van der Waals surface area contributed by atoms with Crippen molar-refractivity contribution in [2.75, 3.05) is 38.7 Å². The van der Waals surface area contributed by atoms with Crippen LogP contribution in [0.25, 0.3) is 0 Å². The summed E-state index contributed by atoms with van der Waals surface area (Å²) < 4.78 is 5.19. The summed E-state index contributed by atoms with van der Waals surface area (Å²) >= 11 is 0. The fourth-order valence-corrected chi connectivity index (χ4v) is 2.76. The van der Waals surface area contributed by atoms with E-state index in [1.165, 1.54) is 0 Å².